The first-order chi connectivity index (χ1) is 8.51. The van der Waals surface area contributed by atoms with Gasteiger partial charge in [-0.25, -0.2) is 8.42 Å². The van der Waals surface area contributed by atoms with Crippen LogP contribution in [-0.2, 0) is 22.4 Å². The van der Waals surface area contributed by atoms with Crippen LogP contribution in [0.5, 0.6) is 0 Å². The Hall–Kier alpha value is -1.08. The van der Waals surface area contributed by atoms with Crippen molar-refractivity contribution < 1.29 is 21.6 Å². The molecule has 0 amide bonds. The minimum atomic E-state index is -4.37. The quantitative estimate of drug-likeness (QED) is 0.924. The van der Waals surface area contributed by atoms with Gasteiger partial charge in [-0.05, 0) is 31.0 Å². The number of rotatable bonds is 4. The summed E-state index contributed by atoms with van der Waals surface area (Å²) in [7, 11) is -3.26. The average molecular weight is 295 g/mol. The van der Waals surface area contributed by atoms with Crippen molar-refractivity contribution in [1.29, 1.82) is 0 Å². The van der Waals surface area contributed by atoms with Gasteiger partial charge in [0, 0.05) is 12.3 Å². The summed E-state index contributed by atoms with van der Waals surface area (Å²) in [6.07, 6.45) is -3.07. The van der Waals surface area contributed by atoms with E-state index in [4.69, 9.17) is 5.73 Å². The third kappa shape index (κ3) is 4.50. The molecule has 1 aromatic rings. The van der Waals surface area contributed by atoms with Crippen LogP contribution in [0.1, 0.15) is 18.1 Å². The smallest absolute Gasteiger partial charge is 0.326 e. The predicted octanol–water partition coefficient (Wildman–Crippen LogP) is 2.01. The van der Waals surface area contributed by atoms with Crippen molar-refractivity contribution in [2.24, 2.45) is 5.73 Å². The molecule has 3 nitrogen and oxygen atoms in total. The second kappa shape index (κ2) is 5.50. The molecule has 0 heterocycles. The van der Waals surface area contributed by atoms with Crippen molar-refractivity contribution in [2.45, 2.75) is 30.8 Å². The van der Waals surface area contributed by atoms with Crippen LogP contribution < -0.4 is 5.73 Å². The lowest BCUT2D eigenvalue weighted by Gasteiger charge is -2.18. The fraction of sp³-hybridized carbons (Fsp3) is 0.500. The minimum absolute atomic E-state index is 0.215. The Morgan fingerprint density at radius 2 is 1.68 bits per heavy atom. The molecule has 19 heavy (non-hydrogen) atoms. The Kier molecular flexibility index (Phi) is 4.63. The first kappa shape index (κ1) is 16.0. The van der Waals surface area contributed by atoms with E-state index in [-0.39, 0.29) is 6.42 Å². The van der Waals surface area contributed by atoms with E-state index in [9.17, 15) is 21.6 Å². The first-order valence-electron chi connectivity index (χ1n) is 5.62. The lowest BCUT2D eigenvalue weighted by atomic mass is 10.0. The van der Waals surface area contributed by atoms with E-state index < -0.39 is 32.9 Å². The van der Waals surface area contributed by atoms with Crippen molar-refractivity contribution in [2.75, 3.05) is 6.26 Å². The molecule has 0 saturated heterocycles. The first-order valence-corrected chi connectivity index (χ1v) is 7.58. The van der Waals surface area contributed by atoms with Crippen LogP contribution in [0.25, 0.3) is 0 Å². The molecule has 0 aliphatic heterocycles. The third-order valence-electron chi connectivity index (χ3n) is 3.03. The minimum Gasteiger partial charge on any atom is -0.326 e. The number of benzene rings is 1. The molecule has 0 bridgehead atoms. The highest BCUT2D eigenvalue weighted by Gasteiger charge is 2.30. The van der Waals surface area contributed by atoms with E-state index in [1.165, 1.54) is 19.1 Å². The van der Waals surface area contributed by atoms with Gasteiger partial charge in [0.15, 0.2) is 9.84 Å². The van der Waals surface area contributed by atoms with Gasteiger partial charge in [0.05, 0.1) is 10.8 Å². The zero-order chi connectivity index (χ0) is 14.8. The van der Waals surface area contributed by atoms with Crippen LogP contribution in [0.3, 0.4) is 0 Å². The number of hydrogen-bond donors (Lipinski definition) is 1. The van der Waals surface area contributed by atoms with Crippen LogP contribution in [0.2, 0.25) is 0 Å². The monoisotopic (exact) mass is 295 g/mol. The van der Waals surface area contributed by atoms with Gasteiger partial charge >= 0.3 is 6.18 Å². The number of halogens is 3. The number of sulfone groups is 1. The SMILES string of the molecule is CC(C(N)Cc1ccc(C(F)(F)F)cc1)S(C)(=O)=O. The maximum absolute atomic E-state index is 12.4. The molecule has 0 aromatic heterocycles. The van der Waals surface area contributed by atoms with Crippen LogP contribution in [0.15, 0.2) is 24.3 Å². The van der Waals surface area contributed by atoms with Gasteiger partial charge in [0.25, 0.3) is 0 Å². The maximum Gasteiger partial charge on any atom is 0.416 e. The molecule has 1 aromatic carbocycles. The van der Waals surface area contributed by atoms with Crippen molar-refractivity contribution in [3.8, 4) is 0 Å². The molecule has 0 aliphatic carbocycles. The molecule has 0 aliphatic rings. The molecule has 1 rings (SSSR count). The Morgan fingerprint density at radius 3 is 2.05 bits per heavy atom. The third-order valence-corrected chi connectivity index (χ3v) is 4.73. The molecule has 2 unspecified atom stereocenters. The summed E-state index contributed by atoms with van der Waals surface area (Å²) in [4.78, 5) is 0. The van der Waals surface area contributed by atoms with E-state index in [0.29, 0.717) is 5.56 Å². The van der Waals surface area contributed by atoms with Gasteiger partial charge in [-0.15, -0.1) is 0 Å². The van der Waals surface area contributed by atoms with E-state index in [1.807, 2.05) is 0 Å². The zero-order valence-corrected chi connectivity index (χ0v) is 11.4. The Balaban J connectivity index is 2.79. The van der Waals surface area contributed by atoms with Gasteiger partial charge in [0.2, 0.25) is 0 Å². The fourth-order valence-electron chi connectivity index (χ4n) is 1.59. The highest BCUT2D eigenvalue weighted by atomic mass is 32.2. The standard InChI is InChI=1S/C12H16F3NO2S/c1-8(19(2,17)18)11(16)7-9-3-5-10(6-4-9)12(13,14)15/h3-6,8,11H,7,16H2,1-2H3. The van der Waals surface area contributed by atoms with Gasteiger partial charge < -0.3 is 5.73 Å². The second-order valence-electron chi connectivity index (χ2n) is 4.60. The second-order valence-corrected chi connectivity index (χ2v) is 7.00. The van der Waals surface area contributed by atoms with Crippen molar-refractivity contribution in [1.82, 2.24) is 0 Å². The largest absolute Gasteiger partial charge is 0.416 e. The summed E-state index contributed by atoms with van der Waals surface area (Å²) in [6.45, 7) is 1.49. The normalized spacial score (nSPS) is 16.1. The Bertz CT molecular complexity index is 523. The van der Waals surface area contributed by atoms with Crippen LogP contribution in [-0.4, -0.2) is 26.0 Å². The summed E-state index contributed by atoms with van der Waals surface area (Å²) < 4.78 is 59.7. The summed E-state index contributed by atoms with van der Waals surface area (Å²) in [5.74, 6) is 0. The summed E-state index contributed by atoms with van der Waals surface area (Å²) in [5, 5.41) is -0.741. The van der Waals surface area contributed by atoms with Gasteiger partial charge in [-0.1, -0.05) is 12.1 Å². The van der Waals surface area contributed by atoms with Crippen LogP contribution in [0.4, 0.5) is 13.2 Å². The average Bonchev–Trinajstić information content (AvgIpc) is 2.26. The van der Waals surface area contributed by atoms with Gasteiger partial charge in [-0.3, -0.25) is 0 Å². The molecule has 0 radical (unpaired) electrons. The number of hydrogen-bond acceptors (Lipinski definition) is 3. The molecular formula is C12H16F3NO2S. The van der Waals surface area contributed by atoms with Crippen molar-refractivity contribution in [3.63, 3.8) is 0 Å². The van der Waals surface area contributed by atoms with Gasteiger partial charge in [-0.2, -0.15) is 13.2 Å². The molecule has 0 saturated carbocycles. The van der Waals surface area contributed by atoms with E-state index in [1.54, 1.807) is 0 Å². The maximum atomic E-state index is 12.4. The Morgan fingerprint density at radius 1 is 1.21 bits per heavy atom. The molecule has 0 fully saturated rings. The predicted molar refractivity (Wildman–Crippen MR) is 67.4 cm³/mol. The van der Waals surface area contributed by atoms with E-state index >= 15 is 0 Å². The Labute approximate surface area is 110 Å². The summed E-state index contributed by atoms with van der Waals surface area (Å²) in [5.41, 5.74) is 5.60. The number of alkyl halides is 3. The van der Waals surface area contributed by atoms with E-state index in [2.05, 4.69) is 0 Å². The lowest BCUT2D eigenvalue weighted by molar-refractivity contribution is -0.137. The van der Waals surface area contributed by atoms with Gasteiger partial charge in [0.1, 0.15) is 0 Å². The van der Waals surface area contributed by atoms with E-state index in [0.717, 1.165) is 18.4 Å². The van der Waals surface area contributed by atoms with Crippen LogP contribution in [0, 0.1) is 0 Å². The highest BCUT2D eigenvalue weighted by Crippen LogP contribution is 2.29. The van der Waals surface area contributed by atoms with Crippen molar-refractivity contribution >= 4 is 9.84 Å². The summed E-state index contributed by atoms with van der Waals surface area (Å²) in [6, 6.07) is 3.92. The lowest BCUT2D eigenvalue weighted by Crippen LogP contribution is -2.39. The topological polar surface area (TPSA) is 60.2 Å². The fourth-order valence-corrected chi connectivity index (χ4v) is 2.32. The van der Waals surface area contributed by atoms with Crippen LogP contribution >= 0.6 is 0 Å². The molecule has 0 spiro atoms. The molecule has 2 atom stereocenters. The zero-order valence-electron chi connectivity index (χ0n) is 10.6. The van der Waals surface area contributed by atoms with Crippen molar-refractivity contribution in [3.05, 3.63) is 35.4 Å². The molecular weight excluding hydrogens is 279 g/mol. The number of nitrogens with two attached hydrogens (primary N) is 1. The summed E-state index contributed by atoms with van der Waals surface area (Å²) >= 11 is 0. The highest BCUT2D eigenvalue weighted by molar-refractivity contribution is 7.91. The molecule has 2 N–H and O–H groups in total. The molecule has 108 valence electrons. The molecule has 7 heteroatoms.